The Labute approximate surface area is 72.8 Å². The highest BCUT2D eigenvalue weighted by Gasteiger charge is 2.15. The first-order chi connectivity index (χ1) is 6.04. The van der Waals surface area contributed by atoms with Crippen LogP contribution in [0.2, 0.25) is 0 Å². The van der Waals surface area contributed by atoms with Crippen LogP contribution in [-0.4, -0.2) is 26.6 Å². The van der Waals surface area contributed by atoms with E-state index in [-0.39, 0.29) is 10.9 Å². The first-order valence-corrected chi connectivity index (χ1v) is 3.27. The molecule has 0 fully saturated rings. The van der Waals surface area contributed by atoms with Crippen molar-refractivity contribution < 1.29 is 25.4 Å². The highest BCUT2D eigenvalue weighted by Crippen LogP contribution is 2.28. The second kappa shape index (κ2) is 3.30. The van der Waals surface area contributed by atoms with E-state index in [0.29, 0.717) is 0 Å². The third-order valence-corrected chi connectivity index (χ3v) is 1.46. The number of carboxylic acids is 1. The van der Waals surface area contributed by atoms with Crippen LogP contribution in [0.3, 0.4) is 0 Å². The van der Waals surface area contributed by atoms with Crippen LogP contribution in [0.5, 0.6) is 5.75 Å². The van der Waals surface area contributed by atoms with Gasteiger partial charge in [0.15, 0.2) is 5.75 Å². The Hall–Kier alpha value is -1.79. The molecule has 0 aliphatic carbocycles. The van der Waals surface area contributed by atoms with Crippen LogP contribution in [0.25, 0.3) is 0 Å². The molecule has 0 atom stereocenters. The van der Waals surface area contributed by atoms with Crippen molar-refractivity contribution in [3.05, 3.63) is 23.8 Å². The number of aromatic hydroxyl groups is 1. The van der Waals surface area contributed by atoms with E-state index < -0.39 is 17.3 Å². The number of hydrogen-bond acceptors (Lipinski definition) is 5. The van der Waals surface area contributed by atoms with E-state index in [1.807, 2.05) is 0 Å². The molecule has 13 heavy (non-hydrogen) atoms. The summed E-state index contributed by atoms with van der Waals surface area (Å²) in [7, 11) is 0. The molecule has 6 heteroatoms. The van der Waals surface area contributed by atoms with Gasteiger partial charge in [-0.25, -0.2) is 4.79 Å². The van der Waals surface area contributed by atoms with Crippen LogP contribution in [0.1, 0.15) is 10.4 Å². The molecule has 4 N–H and O–H groups in total. The van der Waals surface area contributed by atoms with Crippen LogP contribution >= 0.6 is 0 Å². The van der Waals surface area contributed by atoms with Crippen LogP contribution in [0, 0.1) is 0 Å². The van der Waals surface area contributed by atoms with Crippen molar-refractivity contribution in [3.63, 3.8) is 0 Å². The van der Waals surface area contributed by atoms with E-state index in [4.69, 9.17) is 15.5 Å². The van der Waals surface area contributed by atoms with E-state index in [1.54, 1.807) is 0 Å². The topological polar surface area (TPSA) is 101 Å². The molecular weight excluding hydrogens is 178 g/mol. The highest BCUT2D eigenvalue weighted by molar-refractivity contribution is 5.93. The third-order valence-electron chi connectivity index (χ3n) is 1.46. The molecule has 0 unspecified atom stereocenters. The van der Waals surface area contributed by atoms with Gasteiger partial charge in [-0.15, -0.1) is 5.23 Å². The lowest BCUT2D eigenvalue weighted by atomic mass is 10.2. The summed E-state index contributed by atoms with van der Waals surface area (Å²) in [6, 6.07) is 3.57. The van der Waals surface area contributed by atoms with E-state index in [1.165, 1.54) is 6.07 Å². The lowest BCUT2D eigenvalue weighted by Crippen LogP contribution is -2.12. The molecule has 0 saturated heterocycles. The molecule has 70 valence electrons. The average molecular weight is 185 g/mol. The number of hydrogen-bond donors (Lipinski definition) is 4. The standard InChI is InChI=1S/C7H7NO5/c9-6-4(7(10)11)2-1-3-5(6)8(12)13/h1-3,9,12-13H,(H,10,11). The van der Waals surface area contributed by atoms with Gasteiger partial charge in [0.25, 0.3) is 0 Å². The summed E-state index contributed by atoms with van der Waals surface area (Å²) >= 11 is 0. The quantitative estimate of drug-likeness (QED) is 0.505. The largest absolute Gasteiger partial charge is 0.505 e. The van der Waals surface area contributed by atoms with Crippen LogP contribution in [0.4, 0.5) is 5.69 Å². The van der Waals surface area contributed by atoms with Gasteiger partial charge in [0, 0.05) is 0 Å². The number of aromatic carboxylic acids is 1. The van der Waals surface area contributed by atoms with E-state index in [9.17, 15) is 9.90 Å². The Kier molecular flexibility index (Phi) is 2.36. The monoisotopic (exact) mass is 185 g/mol. The Morgan fingerprint density at radius 2 is 1.92 bits per heavy atom. The fraction of sp³-hybridized carbons (Fsp3) is 0. The molecule has 0 saturated carbocycles. The van der Waals surface area contributed by atoms with Gasteiger partial charge in [-0.05, 0) is 12.1 Å². The van der Waals surface area contributed by atoms with Crippen molar-refractivity contribution in [3.8, 4) is 5.75 Å². The minimum Gasteiger partial charge on any atom is -0.505 e. The van der Waals surface area contributed by atoms with Crippen molar-refractivity contribution in [2.24, 2.45) is 0 Å². The van der Waals surface area contributed by atoms with Gasteiger partial charge in [-0.2, -0.15) is 0 Å². The number of carbonyl (C=O) groups is 1. The predicted octanol–water partition coefficient (Wildman–Crippen LogP) is 0.675. The number of carboxylic acid groups (broad SMARTS) is 1. The van der Waals surface area contributed by atoms with Crippen molar-refractivity contribution >= 4 is 11.7 Å². The zero-order valence-corrected chi connectivity index (χ0v) is 6.38. The molecule has 1 aromatic carbocycles. The molecule has 1 rings (SSSR count). The number of benzene rings is 1. The van der Waals surface area contributed by atoms with Gasteiger partial charge in [-0.3, -0.25) is 10.4 Å². The molecule has 0 bridgehead atoms. The smallest absolute Gasteiger partial charge is 0.339 e. The Balaban J connectivity index is 3.26. The molecule has 0 spiro atoms. The van der Waals surface area contributed by atoms with Crippen LogP contribution < -0.4 is 5.23 Å². The normalized spacial score (nSPS) is 9.69. The molecule has 0 heterocycles. The summed E-state index contributed by atoms with van der Waals surface area (Å²) in [5.41, 5.74) is -0.787. The SMILES string of the molecule is O=C(O)c1cccc(N(O)O)c1O. The maximum absolute atomic E-state index is 10.5. The lowest BCUT2D eigenvalue weighted by molar-refractivity contribution is 0.0279. The van der Waals surface area contributed by atoms with E-state index in [2.05, 4.69) is 0 Å². The van der Waals surface area contributed by atoms with Gasteiger partial charge in [0.05, 0.1) is 0 Å². The van der Waals surface area contributed by atoms with E-state index >= 15 is 0 Å². The van der Waals surface area contributed by atoms with E-state index in [0.717, 1.165) is 12.1 Å². The summed E-state index contributed by atoms with van der Waals surface area (Å²) in [5.74, 6) is -2.04. The zero-order valence-electron chi connectivity index (χ0n) is 6.38. The summed E-state index contributed by atoms with van der Waals surface area (Å²) in [6.45, 7) is 0. The zero-order chi connectivity index (χ0) is 10.0. The lowest BCUT2D eigenvalue weighted by Gasteiger charge is -2.10. The Bertz CT molecular complexity index is 336. The van der Waals surface area contributed by atoms with Gasteiger partial charge >= 0.3 is 5.97 Å². The Morgan fingerprint density at radius 3 is 2.38 bits per heavy atom. The molecule has 6 nitrogen and oxygen atoms in total. The predicted molar refractivity (Wildman–Crippen MR) is 41.1 cm³/mol. The third kappa shape index (κ3) is 1.68. The van der Waals surface area contributed by atoms with Crippen LogP contribution in [0.15, 0.2) is 18.2 Å². The van der Waals surface area contributed by atoms with Crippen molar-refractivity contribution in [2.75, 3.05) is 5.23 Å². The number of nitrogens with zero attached hydrogens (tertiary/aromatic N) is 1. The van der Waals surface area contributed by atoms with Crippen molar-refractivity contribution in [1.82, 2.24) is 0 Å². The summed E-state index contributed by atoms with van der Waals surface area (Å²) in [6.07, 6.45) is 0. The fourth-order valence-corrected chi connectivity index (χ4v) is 0.865. The summed E-state index contributed by atoms with van der Waals surface area (Å²) in [5, 5.41) is 34.5. The molecule has 0 aliphatic rings. The maximum atomic E-state index is 10.5. The number of rotatable bonds is 2. The highest BCUT2D eigenvalue weighted by atomic mass is 16.8. The first-order valence-electron chi connectivity index (χ1n) is 3.27. The maximum Gasteiger partial charge on any atom is 0.339 e. The summed E-state index contributed by atoms with van der Waals surface area (Å²) < 4.78 is 0. The second-order valence-electron chi connectivity index (χ2n) is 2.27. The van der Waals surface area contributed by atoms with Gasteiger partial charge in [0.2, 0.25) is 0 Å². The van der Waals surface area contributed by atoms with Gasteiger partial charge < -0.3 is 10.2 Å². The fourth-order valence-electron chi connectivity index (χ4n) is 0.865. The average Bonchev–Trinajstić information content (AvgIpc) is 2.03. The number of para-hydroxylation sites is 1. The molecule has 0 aliphatic heterocycles. The number of anilines is 1. The van der Waals surface area contributed by atoms with Gasteiger partial charge in [0.1, 0.15) is 11.3 Å². The molecule has 0 amide bonds. The first kappa shape index (κ1) is 9.30. The Morgan fingerprint density at radius 1 is 1.31 bits per heavy atom. The molecule has 0 radical (unpaired) electrons. The minimum atomic E-state index is -1.35. The molecule has 0 aromatic heterocycles. The second-order valence-corrected chi connectivity index (χ2v) is 2.27. The van der Waals surface area contributed by atoms with Crippen LogP contribution in [-0.2, 0) is 0 Å². The number of phenols is 1. The minimum absolute atomic E-state index is 0.345. The van der Waals surface area contributed by atoms with Crippen molar-refractivity contribution in [1.29, 1.82) is 0 Å². The summed E-state index contributed by atoms with van der Waals surface area (Å²) in [4.78, 5) is 10.5. The molecular formula is C7H7NO5. The molecule has 1 aromatic rings. The van der Waals surface area contributed by atoms with Crippen molar-refractivity contribution in [2.45, 2.75) is 0 Å². The van der Waals surface area contributed by atoms with Gasteiger partial charge in [-0.1, -0.05) is 6.07 Å².